The number of carbonyl (C=O) groups excluding carboxylic acids is 1. The van der Waals surface area contributed by atoms with E-state index in [-0.39, 0.29) is 11.7 Å². The van der Waals surface area contributed by atoms with Gasteiger partial charge in [0, 0.05) is 31.3 Å². The molecule has 25 heavy (non-hydrogen) atoms. The molecule has 0 saturated carbocycles. The lowest BCUT2D eigenvalue weighted by Gasteiger charge is -2.31. The monoisotopic (exact) mass is 354 g/mol. The summed E-state index contributed by atoms with van der Waals surface area (Å²) in [6.45, 7) is 5.79. The first kappa shape index (κ1) is 19.3. The van der Waals surface area contributed by atoms with Gasteiger partial charge in [-0.05, 0) is 30.7 Å². The Labute approximate surface area is 147 Å². The second-order valence-corrected chi connectivity index (χ2v) is 6.51. The number of hydrogen-bond acceptors (Lipinski definition) is 5. The van der Waals surface area contributed by atoms with Gasteiger partial charge in [0.2, 0.25) is 0 Å². The van der Waals surface area contributed by atoms with Crippen LogP contribution in [0.3, 0.4) is 0 Å². The predicted octanol–water partition coefficient (Wildman–Crippen LogP) is 3.49. The fraction of sp³-hybridized carbons (Fsp3) is 0.611. The molecule has 0 radical (unpaired) electrons. The Morgan fingerprint density at radius 1 is 1.28 bits per heavy atom. The van der Waals surface area contributed by atoms with E-state index < -0.39 is 17.7 Å². The third kappa shape index (κ3) is 5.22. The molecule has 0 aromatic heterocycles. The molecule has 0 aliphatic carbocycles. The Hall–Kier alpha value is -2.02. The predicted molar refractivity (Wildman–Crippen MR) is 91.8 cm³/mol. The van der Waals surface area contributed by atoms with E-state index in [0.717, 1.165) is 18.9 Å². The van der Waals surface area contributed by atoms with E-state index in [1.165, 1.54) is 6.07 Å². The summed E-state index contributed by atoms with van der Waals surface area (Å²) in [5.74, 6) is -1.00. The van der Waals surface area contributed by atoms with Gasteiger partial charge < -0.3 is 20.4 Å². The SMILES string of the molecule is CCC(CC)CNC(=O)ON1CCC(c2cc(F)c(O)cc2O)CC1. The van der Waals surface area contributed by atoms with Crippen molar-refractivity contribution in [2.45, 2.75) is 45.4 Å². The maximum Gasteiger partial charge on any atom is 0.426 e. The van der Waals surface area contributed by atoms with Crippen molar-refractivity contribution < 1.29 is 24.2 Å². The highest BCUT2D eigenvalue weighted by molar-refractivity contribution is 5.66. The van der Waals surface area contributed by atoms with Crippen LogP contribution in [0, 0.1) is 11.7 Å². The van der Waals surface area contributed by atoms with E-state index in [1.54, 1.807) is 5.06 Å². The number of nitrogens with zero attached hydrogens (tertiary/aromatic N) is 1. The molecule has 1 saturated heterocycles. The highest BCUT2D eigenvalue weighted by Crippen LogP contribution is 2.36. The number of piperidine rings is 1. The average Bonchev–Trinajstić information content (AvgIpc) is 2.60. The van der Waals surface area contributed by atoms with Crippen molar-refractivity contribution in [2.24, 2.45) is 5.92 Å². The summed E-state index contributed by atoms with van der Waals surface area (Å²) < 4.78 is 13.5. The zero-order chi connectivity index (χ0) is 18.4. The standard InChI is InChI=1S/C18H27FN2O4/c1-3-12(4-2)11-20-18(24)25-21-7-5-13(6-8-21)14-9-15(19)17(23)10-16(14)22/h9-10,12-13,22-23H,3-8,11H2,1-2H3,(H,20,24). The maximum absolute atomic E-state index is 13.5. The van der Waals surface area contributed by atoms with Crippen LogP contribution < -0.4 is 5.32 Å². The van der Waals surface area contributed by atoms with Gasteiger partial charge in [0.25, 0.3) is 0 Å². The second kappa shape index (κ2) is 8.89. The Balaban J connectivity index is 1.82. The molecule has 0 spiro atoms. The molecule has 1 aromatic rings. The zero-order valence-corrected chi connectivity index (χ0v) is 14.8. The molecule has 1 aromatic carbocycles. The van der Waals surface area contributed by atoms with Crippen molar-refractivity contribution in [2.75, 3.05) is 19.6 Å². The molecular weight excluding hydrogens is 327 g/mol. The maximum atomic E-state index is 13.5. The Morgan fingerprint density at radius 2 is 1.92 bits per heavy atom. The van der Waals surface area contributed by atoms with Crippen molar-refractivity contribution in [3.8, 4) is 11.5 Å². The van der Waals surface area contributed by atoms with Gasteiger partial charge in [-0.2, -0.15) is 0 Å². The Morgan fingerprint density at radius 3 is 2.52 bits per heavy atom. The highest BCUT2D eigenvalue weighted by Gasteiger charge is 2.26. The zero-order valence-electron chi connectivity index (χ0n) is 14.8. The molecular formula is C18H27FN2O4. The molecule has 1 amide bonds. The van der Waals surface area contributed by atoms with Gasteiger partial charge in [0.1, 0.15) is 5.75 Å². The van der Waals surface area contributed by atoms with Crippen molar-refractivity contribution >= 4 is 6.09 Å². The van der Waals surface area contributed by atoms with Crippen LogP contribution in [0.25, 0.3) is 0 Å². The Kier molecular flexibility index (Phi) is 6.87. The van der Waals surface area contributed by atoms with Gasteiger partial charge in [-0.25, -0.2) is 9.18 Å². The lowest BCUT2D eigenvalue weighted by molar-refractivity contribution is -0.114. The number of hydroxylamine groups is 2. The largest absolute Gasteiger partial charge is 0.508 e. The molecule has 0 atom stereocenters. The summed E-state index contributed by atoms with van der Waals surface area (Å²) in [6.07, 6.45) is 2.81. The minimum absolute atomic E-state index is 0.0393. The van der Waals surface area contributed by atoms with Gasteiger partial charge in [-0.1, -0.05) is 26.7 Å². The van der Waals surface area contributed by atoms with Gasteiger partial charge in [0.05, 0.1) is 0 Å². The van der Waals surface area contributed by atoms with Crippen LogP contribution in [0.5, 0.6) is 11.5 Å². The van der Waals surface area contributed by atoms with Gasteiger partial charge in [0.15, 0.2) is 11.6 Å². The molecule has 7 heteroatoms. The van der Waals surface area contributed by atoms with Crippen LogP contribution in [0.15, 0.2) is 12.1 Å². The molecule has 1 aliphatic rings. The van der Waals surface area contributed by atoms with E-state index in [2.05, 4.69) is 19.2 Å². The van der Waals surface area contributed by atoms with Gasteiger partial charge in [-0.15, -0.1) is 5.06 Å². The van der Waals surface area contributed by atoms with Crippen LogP contribution in [-0.4, -0.2) is 41.0 Å². The third-order valence-corrected chi connectivity index (χ3v) is 4.89. The van der Waals surface area contributed by atoms with Crippen LogP contribution in [0.4, 0.5) is 9.18 Å². The van der Waals surface area contributed by atoms with E-state index in [0.29, 0.717) is 44.0 Å². The first-order chi connectivity index (χ1) is 11.9. The number of amides is 1. The lowest BCUT2D eigenvalue weighted by Crippen LogP contribution is -2.39. The molecule has 0 unspecified atom stereocenters. The number of aromatic hydroxyl groups is 2. The molecule has 1 heterocycles. The lowest BCUT2D eigenvalue weighted by atomic mass is 9.89. The highest BCUT2D eigenvalue weighted by atomic mass is 19.1. The minimum atomic E-state index is -0.743. The van der Waals surface area contributed by atoms with Crippen molar-refractivity contribution in [1.29, 1.82) is 0 Å². The molecule has 140 valence electrons. The molecule has 1 aliphatic heterocycles. The summed E-state index contributed by atoms with van der Waals surface area (Å²) in [4.78, 5) is 17.1. The number of phenols is 2. The second-order valence-electron chi connectivity index (χ2n) is 6.51. The number of phenolic OH excluding ortho intramolecular Hbond substituents is 2. The van der Waals surface area contributed by atoms with Gasteiger partial charge >= 0.3 is 6.09 Å². The van der Waals surface area contributed by atoms with Crippen molar-refractivity contribution in [1.82, 2.24) is 10.4 Å². The van der Waals surface area contributed by atoms with E-state index >= 15 is 0 Å². The van der Waals surface area contributed by atoms with Crippen LogP contribution in [0.2, 0.25) is 0 Å². The van der Waals surface area contributed by atoms with Gasteiger partial charge in [-0.3, -0.25) is 0 Å². The summed E-state index contributed by atoms with van der Waals surface area (Å²) in [5.41, 5.74) is 0.480. The fourth-order valence-corrected chi connectivity index (χ4v) is 3.11. The van der Waals surface area contributed by atoms with Crippen molar-refractivity contribution in [3.63, 3.8) is 0 Å². The van der Waals surface area contributed by atoms with Crippen LogP contribution in [0.1, 0.15) is 51.0 Å². The molecule has 0 bridgehead atoms. The summed E-state index contributed by atoms with van der Waals surface area (Å²) in [5, 5.41) is 23.6. The smallest absolute Gasteiger partial charge is 0.426 e. The Bertz CT molecular complexity index is 585. The number of benzene rings is 1. The quantitative estimate of drug-likeness (QED) is 0.728. The van der Waals surface area contributed by atoms with E-state index in [1.807, 2.05) is 0 Å². The number of carbonyl (C=O) groups is 1. The summed E-state index contributed by atoms with van der Waals surface area (Å²) >= 11 is 0. The third-order valence-electron chi connectivity index (χ3n) is 4.89. The summed E-state index contributed by atoms with van der Waals surface area (Å²) in [6, 6.07) is 2.20. The first-order valence-electron chi connectivity index (χ1n) is 8.86. The summed E-state index contributed by atoms with van der Waals surface area (Å²) in [7, 11) is 0. The average molecular weight is 354 g/mol. The normalized spacial score (nSPS) is 16.2. The van der Waals surface area contributed by atoms with E-state index in [4.69, 9.17) is 4.84 Å². The minimum Gasteiger partial charge on any atom is -0.508 e. The number of hydrogen-bond donors (Lipinski definition) is 3. The van der Waals surface area contributed by atoms with E-state index in [9.17, 15) is 19.4 Å². The van der Waals surface area contributed by atoms with Crippen molar-refractivity contribution in [3.05, 3.63) is 23.5 Å². The first-order valence-corrected chi connectivity index (χ1v) is 8.86. The molecule has 6 nitrogen and oxygen atoms in total. The number of rotatable bonds is 6. The van der Waals surface area contributed by atoms with Crippen LogP contribution >= 0.6 is 0 Å². The van der Waals surface area contributed by atoms with Crippen LogP contribution in [-0.2, 0) is 4.84 Å². The number of halogens is 1. The molecule has 1 fully saturated rings. The fourth-order valence-electron chi connectivity index (χ4n) is 3.11. The molecule has 2 rings (SSSR count). The molecule has 3 N–H and O–H groups in total. The number of nitrogens with one attached hydrogen (secondary N) is 1. The topological polar surface area (TPSA) is 82.0 Å².